The fraction of sp³-hybridized carbons (Fsp3) is 0.615. The highest BCUT2D eigenvalue weighted by Crippen LogP contribution is 2.04. The molecule has 0 aliphatic heterocycles. The molecule has 0 unspecified atom stereocenters. The highest BCUT2D eigenvalue weighted by atomic mass is 16.5. The summed E-state index contributed by atoms with van der Waals surface area (Å²) in [4.78, 5) is 11.2. The van der Waals surface area contributed by atoms with E-state index >= 15 is 0 Å². The third-order valence-electron chi connectivity index (χ3n) is 2.04. The van der Waals surface area contributed by atoms with Crippen LogP contribution in [0.5, 0.6) is 0 Å². The average Bonchev–Trinajstić information content (AvgIpc) is 2.27. The molecule has 3 heteroatoms. The third-order valence-corrected chi connectivity index (χ3v) is 2.04. The number of carbonyl (C=O) groups is 1. The Kier molecular flexibility index (Phi) is 9.72. The second-order valence-corrected chi connectivity index (χ2v) is 3.52. The summed E-state index contributed by atoms with van der Waals surface area (Å²) >= 11 is 0. The Morgan fingerprint density at radius 1 is 1.31 bits per heavy atom. The number of unbranched alkanes of at least 4 members (excludes halogenated alkanes) is 1. The van der Waals surface area contributed by atoms with Crippen LogP contribution in [0, 0.1) is 0 Å². The minimum Gasteiger partial charge on any atom is -0.463 e. The van der Waals surface area contributed by atoms with Gasteiger partial charge < -0.3 is 9.84 Å². The molecule has 0 aliphatic rings. The zero-order chi connectivity index (χ0) is 12.2. The number of esters is 1. The lowest BCUT2D eigenvalue weighted by Gasteiger charge is -2.00. The molecule has 0 atom stereocenters. The Hall–Kier alpha value is -1.09. The van der Waals surface area contributed by atoms with Gasteiger partial charge in [-0.2, -0.15) is 0 Å². The maximum atomic E-state index is 11.2. The van der Waals surface area contributed by atoms with Crippen LogP contribution in [-0.2, 0) is 9.53 Å². The van der Waals surface area contributed by atoms with Crippen LogP contribution < -0.4 is 0 Å². The van der Waals surface area contributed by atoms with Crippen LogP contribution in [0.25, 0.3) is 0 Å². The molecule has 0 aromatic carbocycles. The molecule has 0 saturated heterocycles. The van der Waals surface area contributed by atoms with E-state index in [2.05, 4.69) is 0 Å². The first-order valence-electron chi connectivity index (χ1n) is 5.89. The molecule has 0 radical (unpaired) electrons. The smallest absolute Gasteiger partial charge is 0.330 e. The number of hydrogen-bond acceptors (Lipinski definition) is 3. The number of aliphatic hydroxyl groups excluding tert-OH is 1. The number of allylic oxidation sites excluding steroid dienone is 2. The summed E-state index contributed by atoms with van der Waals surface area (Å²) in [6, 6.07) is 0. The first kappa shape index (κ1) is 14.9. The zero-order valence-electron chi connectivity index (χ0n) is 10.2. The SMILES string of the molecule is CC/C=C(/C=C/C(=O)OCCCC)CCO. The quantitative estimate of drug-likeness (QED) is 0.299. The van der Waals surface area contributed by atoms with Crippen molar-refractivity contribution in [2.75, 3.05) is 13.2 Å². The number of rotatable bonds is 8. The zero-order valence-corrected chi connectivity index (χ0v) is 10.2. The normalized spacial score (nSPS) is 12.1. The first-order chi connectivity index (χ1) is 7.74. The largest absolute Gasteiger partial charge is 0.463 e. The second-order valence-electron chi connectivity index (χ2n) is 3.52. The van der Waals surface area contributed by atoms with Crippen molar-refractivity contribution in [3.05, 3.63) is 23.8 Å². The summed E-state index contributed by atoms with van der Waals surface area (Å²) in [5.74, 6) is -0.312. The first-order valence-corrected chi connectivity index (χ1v) is 5.89. The molecule has 0 rings (SSSR count). The van der Waals surface area contributed by atoms with E-state index in [-0.39, 0.29) is 12.6 Å². The number of aliphatic hydroxyl groups is 1. The van der Waals surface area contributed by atoms with Gasteiger partial charge in [0.2, 0.25) is 0 Å². The molecular weight excluding hydrogens is 204 g/mol. The van der Waals surface area contributed by atoms with Crippen LogP contribution in [0.2, 0.25) is 0 Å². The predicted octanol–water partition coefficient (Wildman–Crippen LogP) is 2.60. The summed E-state index contributed by atoms with van der Waals surface area (Å²) in [5.41, 5.74) is 0.970. The highest BCUT2D eigenvalue weighted by Gasteiger charge is 1.97. The minimum absolute atomic E-state index is 0.0983. The lowest BCUT2D eigenvalue weighted by atomic mass is 10.1. The van der Waals surface area contributed by atoms with E-state index in [9.17, 15) is 4.79 Å². The highest BCUT2D eigenvalue weighted by molar-refractivity contribution is 5.82. The van der Waals surface area contributed by atoms with Crippen LogP contribution in [0.3, 0.4) is 0 Å². The van der Waals surface area contributed by atoms with E-state index < -0.39 is 0 Å². The molecule has 0 aromatic heterocycles. The Morgan fingerprint density at radius 2 is 2.06 bits per heavy atom. The van der Waals surface area contributed by atoms with Gasteiger partial charge in [0.05, 0.1) is 6.61 Å². The maximum Gasteiger partial charge on any atom is 0.330 e. The molecule has 0 spiro atoms. The molecule has 0 saturated carbocycles. The van der Waals surface area contributed by atoms with Gasteiger partial charge in [0, 0.05) is 12.7 Å². The Morgan fingerprint density at radius 3 is 2.62 bits per heavy atom. The minimum atomic E-state index is -0.312. The summed E-state index contributed by atoms with van der Waals surface area (Å²) in [5, 5.41) is 8.81. The van der Waals surface area contributed by atoms with Gasteiger partial charge >= 0.3 is 5.97 Å². The van der Waals surface area contributed by atoms with Gasteiger partial charge in [-0.25, -0.2) is 4.79 Å². The summed E-state index contributed by atoms with van der Waals surface area (Å²) in [7, 11) is 0. The van der Waals surface area contributed by atoms with Crippen LogP contribution in [0.15, 0.2) is 23.8 Å². The Balaban J connectivity index is 4.01. The van der Waals surface area contributed by atoms with E-state index in [1.807, 2.05) is 19.9 Å². The molecule has 1 N–H and O–H groups in total. The van der Waals surface area contributed by atoms with E-state index in [0.717, 1.165) is 24.8 Å². The van der Waals surface area contributed by atoms with Gasteiger partial charge in [0.25, 0.3) is 0 Å². The van der Waals surface area contributed by atoms with Crippen molar-refractivity contribution in [1.82, 2.24) is 0 Å². The summed E-state index contributed by atoms with van der Waals surface area (Å²) in [6.07, 6.45) is 8.51. The van der Waals surface area contributed by atoms with Crippen molar-refractivity contribution in [2.24, 2.45) is 0 Å². The van der Waals surface area contributed by atoms with Gasteiger partial charge in [0.1, 0.15) is 0 Å². The van der Waals surface area contributed by atoms with Crippen LogP contribution in [0.1, 0.15) is 39.5 Å². The van der Waals surface area contributed by atoms with Gasteiger partial charge in [-0.1, -0.05) is 32.4 Å². The third kappa shape index (κ3) is 8.24. The monoisotopic (exact) mass is 226 g/mol. The van der Waals surface area contributed by atoms with Crippen molar-refractivity contribution in [2.45, 2.75) is 39.5 Å². The number of carbonyl (C=O) groups excluding carboxylic acids is 1. The standard InChI is InChI=1S/C13H22O3/c1-3-5-11-16-13(15)8-7-12(6-4-2)9-10-14/h6-8,14H,3-5,9-11H2,1-2H3/b8-7+,12-6-. The van der Waals surface area contributed by atoms with E-state index in [1.165, 1.54) is 6.08 Å². The number of ether oxygens (including phenoxy) is 1. The molecule has 0 heterocycles. The van der Waals surface area contributed by atoms with Gasteiger partial charge in [-0.15, -0.1) is 0 Å². The van der Waals surface area contributed by atoms with Crippen molar-refractivity contribution in [3.8, 4) is 0 Å². The second kappa shape index (κ2) is 10.4. The van der Waals surface area contributed by atoms with Gasteiger partial charge in [0.15, 0.2) is 0 Å². The Labute approximate surface area is 97.8 Å². The number of hydrogen-bond donors (Lipinski definition) is 1. The molecule has 0 fully saturated rings. The maximum absolute atomic E-state index is 11.2. The van der Waals surface area contributed by atoms with Gasteiger partial charge in [-0.05, 0) is 24.8 Å². The predicted molar refractivity (Wildman–Crippen MR) is 65.1 cm³/mol. The van der Waals surface area contributed by atoms with Crippen molar-refractivity contribution in [1.29, 1.82) is 0 Å². The Bertz CT molecular complexity index is 242. The fourth-order valence-electron chi connectivity index (χ4n) is 1.19. The molecular formula is C13H22O3. The van der Waals surface area contributed by atoms with E-state index in [0.29, 0.717) is 13.0 Å². The lowest BCUT2D eigenvalue weighted by molar-refractivity contribution is -0.137. The fourth-order valence-corrected chi connectivity index (χ4v) is 1.19. The van der Waals surface area contributed by atoms with Crippen molar-refractivity contribution >= 4 is 5.97 Å². The molecule has 0 amide bonds. The molecule has 3 nitrogen and oxygen atoms in total. The molecule has 0 aromatic rings. The topological polar surface area (TPSA) is 46.5 Å². The lowest BCUT2D eigenvalue weighted by Crippen LogP contribution is -2.02. The van der Waals surface area contributed by atoms with E-state index in [1.54, 1.807) is 6.08 Å². The molecule has 0 aliphatic carbocycles. The van der Waals surface area contributed by atoms with E-state index in [4.69, 9.17) is 9.84 Å². The summed E-state index contributed by atoms with van der Waals surface area (Å²) in [6.45, 7) is 4.64. The summed E-state index contributed by atoms with van der Waals surface area (Å²) < 4.78 is 4.97. The average molecular weight is 226 g/mol. The van der Waals surface area contributed by atoms with Crippen molar-refractivity contribution in [3.63, 3.8) is 0 Å². The van der Waals surface area contributed by atoms with Crippen molar-refractivity contribution < 1.29 is 14.6 Å². The molecule has 92 valence electrons. The molecule has 0 bridgehead atoms. The van der Waals surface area contributed by atoms with Gasteiger partial charge in [-0.3, -0.25) is 0 Å². The van der Waals surface area contributed by atoms with Crippen LogP contribution in [-0.4, -0.2) is 24.3 Å². The molecule has 16 heavy (non-hydrogen) atoms. The van der Waals surface area contributed by atoms with Crippen LogP contribution in [0.4, 0.5) is 0 Å². The van der Waals surface area contributed by atoms with Crippen LogP contribution >= 0.6 is 0 Å².